The molecule has 1 saturated carbocycles. The van der Waals surface area contributed by atoms with Crippen LogP contribution in [0.25, 0.3) is 0 Å². The van der Waals surface area contributed by atoms with E-state index in [4.69, 9.17) is 4.42 Å². The molecule has 1 heterocycles. The lowest BCUT2D eigenvalue weighted by atomic mass is 9.77. The molecule has 118 valence electrons. The standard InChI is InChI=1S/C19H26N2O/c1-21(2)14-17-13-20-19(22-17)18(15-9-5-3-6-10-15)16-11-7-4-8-12-16/h3,5-6,9-10,13,16,18H,4,7-8,11-12,14H2,1-2H3. The molecule has 0 amide bonds. The first-order valence-electron chi connectivity index (χ1n) is 8.38. The highest BCUT2D eigenvalue weighted by Gasteiger charge is 2.30. The zero-order valence-electron chi connectivity index (χ0n) is 13.7. The average Bonchev–Trinajstić information content (AvgIpc) is 2.97. The second-order valence-electron chi connectivity index (χ2n) is 6.69. The maximum atomic E-state index is 6.11. The van der Waals surface area contributed by atoms with Crippen molar-refractivity contribution in [2.24, 2.45) is 5.92 Å². The third-order valence-electron chi connectivity index (χ3n) is 4.59. The summed E-state index contributed by atoms with van der Waals surface area (Å²) >= 11 is 0. The molecule has 3 nitrogen and oxygen atoms in total. The Labute approximate surface area is 133 Å². The van der Waals surface area contributed by atoms with Crippen LogP contribution >= 0.6 is 0 Å². The van der Waals surface area contributed by atoms with Gasteiger partial charge in [-0.1, -0.05) is 49.6 Å². The monoisotopic (exact) mass is 298 g/mol. The fourth-order valence-electron chi connectivity index (χ4n) is 3.60. The summed E-state index contributed by atoms with van der Waals surface area (Å²) in [5.41, 5.74) is 1.34. The van der Waals surface area contributed by atoms with Crippen molar-refractivity contribution < 1.29 is 4.42 Å². The minimum absolute atomic E-state index is 0.303. The second-order valence-corrected chi connectivity index (χ2v) is 6.69. The van der Waals surface area contributed by atoms with Gasteiger partial charge in [0.25, 0.3) is 0 Å². The largest absolute Gasteiger partial charge is 0.444 e. The van der Waals surface area contributed by atoms with Crippen molar-refractivity contribution in [3.05, 3.63) is 53.7 Å². The van der Waals surface area contributed by atoms with Crippen molar-refractivity contribution in [3.63, 3.8) is 0 Å². The van der Waals surface area contributed by atoms with Crippen LogP contribution in [0.3, 0.4) is 0 Å². The van der Waals surface area contributed by atoms with Crippen molar-refractivity contribution in [1.29, 1.82) is 0 Å². The van der Waals surface area contributed by atoms with Gasteiger partial charge in [-0.2, -0.15) is 0 Å². The molecule has 0 N–H and O–H groups in total. The van der Waals surface area contributed by atoms with E-state index in [1.807, 2.05) is 6.20 Å². The van der Waals surface area contributed by atoms with Gasteiger partial charge < -0.3 is 9.32 Å². The molecule has 0 saturated heterocycles. The van der Waals surface area contributed by atoms with Crippen LogP contribution in [0.15, 0.2) is 40.9 Å². The van der Waals surface area contributed by atoms with Gasteiger partial charge in [0.05, 0.1) is 18.7 Å². The first kappa shape index (κ1) is 15.3. The molecule has 0 spiro atoms. The van der Waals surface area contributed by atoms with E-state index in [0.717, 1.165) is 18.2 Å². The Hall–Kier alpha value is -1.61. The van der Waals surface area contributed by atoms with Gasteiger partial charge in [0.2, 0.25) is 5.89 Å². The third-order valence-corrected chi connectivity index (χ3v) is 4.59. The number of hydrogen-bond donors (Lipinski definition) is 0. The molecule has 0 bridgehead atoms. The summed E-state index contributed by atoms with van der Waals surface area (Å²) in [6, 6.07) is 10.8. The Morgan fingerprint density at radius 2 is 1.86 bits per heavy atom. The molecule has 22 heavy (non-hydrogen) atoms. The summed E-state index contributed by atoms with van der Waals surface area (Å²) in [4.78, 5) is 6.74. The predicted octanol–water partition coefficient (Wildman–Crippen LogP) is 4.45. The molecular formula is C19H26N2O. The summed E-state index contributed by atoms with van der Waals surface area (Å²) < 4.78 is 6.11. The maximum Gasteiger partial charge on any atom is 0.202 e. The molecule has 1 unspecified atom stereocenters. The summed E-state index contributed by atoms with van der Waals surface area (Å²) in [7, 11) is 4.11. The van der Waals surface area contributed by atoms with Crippen LogP contribution in [-0.4, -0.2) is 24.0 Å². The van der Waals surface area contributed by atoms with Gasteiger partial charge >= 0.3 is 0 Å². The van der Waals surface area contributed by atoms with Gasteiger partial charge in [0.15, 0.2) is 0 Å². The van der Waals surface area contributed by atoms with Gasteiger partial charge in [-0.05, 0) is 38.4 Å². The molecule has 3 rings (SSSR count). The van der Waals surface area contributed by atoms with Gasteiger partial charge in [0, 0.05) is 0 Å². The molecule has 2 aromatic rings. The average molecular weight is 298 g/mol. The van der Waals surface area contributed by atoms with E-state index < -0.39 is 0 Å². The number of oxazole rings is 1. The summed E-state index contributed by atoms with van der Waals surface area (Å²) in [5, 5.41) is 0. The van der Waals surface area contributed by atoms with Crippen molar-refractivity contribution in [1.82, 2.24) is 9.88 Å². The Kier molecular flexibility index (Phi) is 4.94. The lowest BCUT2D eigenvalue weighted by Gasteiger charge is -2.28. The van der Waals surface area contributed by atoms with Crippen molar-refractivity contribution in [2.75, 3.05) is 14.1 Å². The highest BCUT2D eigenvalue weighted by Crippen LogP contribution is 2.40. The normalized spacial score (nSPS) is 17.8. The van der Waals surface area contributed by atoms with Crippen molar-refractivity contribution >= 4 is 0 Å². The second kappa shape index (κ2) is 7.10. The molecule has 1 aliphatic carbocycles. The molecule has 3 heteroatoms. The van der Waals surface area contributed by atoms with E-state index in [-0.39, 0.29) is 0 Å². The van der Waals surface area contributed by atoms with Crippen LogP contribution in [0.4, 0.5) is 0 Å². The van der Waals surface area contributed by atoms with Crippen molar-refractivity contribution in [3.8, 4) is 0 Å². The molecule has 1 fully saturated rings. The molecule has 1 aliphatic rings. The zero-order valence-corrected chi connectivity index (χ0v) is 13.7. The van der Waals surface area contributed by atoms with Crippen LogP contribution in [0.5, 0.6) is 0 Å². The number of aromatic nitrogens is 1. The third kappa shape index (κ3) is 3.58. The highest BCUT2D eigenvalue weighted by atomic mass is 16.4. The predicted molar refractivity (Wildman–Crippen MR) is 88.8 cm³/mol. The van der Waals surface area contributed by atoms with Gasteiger partial charge in [-0.3, -0.25) is 0 Å². The first-order valence-corrected chi connectivity index (χ1v) is 8.38. The van der Waals surface area contributed by atoms with Crippen LogP contribution in [-0.2, 0) is 6.54 Å². The van der Waals surface area contributed by atoms with Gasteiger partial charge in [-0.15, -0.1) is 0 Å². The number of rotatable bonds is 5. The van der Waals surface area contributed by atoms with Gasteiger partial charge in [-0.25, -0.2) is 4.98 Å². The molecule has 1 aromatic heterocycles. The van der Waals surface area contributed by atoms with E-state index in [1.165, 1.54) is 37.7 Å². The highest BCUT2D eigenvalue weighted by molar-refractivity contribution is 5.26. The molecule has 1 atom stereocenters. The number of benzene rings is 1. The Morgan fingerprint density at radius 1 is 1.14 bits per heavy atom. The topological polar surface area (TPSA) is 29.3 Å². The molecular weight excluding hydrogens is 272 g/mol. The summed E-state index contributed by atoms with van der Waals surface area (Å²) in [6.45, 7) is 0.805. The molecule has 0 radical (unpaired) electrons. The van der Waals surface area contributed by atoms with Crippen LogP contribution in [0, 0.1) is 5.92 Å². The Balaban J connectivity index is 1.89. The zero-order chi connectivity index (χ0) is 15.4. The van der Waals surface area contributed by atoms with E-state index >= 15 is 0 Å². The van der Waals surface area contributed by atoms with Crippen molar-refractivity contribution in [2.45, 2.75) is 44.6 Å². The van der Waals surface area contributed by atoms with Gasteiger partial charge in [0.1, 0.15) is 5.76 Å². The minimum atomic E-state index is 0.303. The fraction of sp³-hybridized carbons (Fsp3) is 0.526. The minimum Gasteiger partial charge on any atom is -0.444 e. The Morgan fingerprint density at radius 3 is 2.55 bits per heavy atom. The SMILES string of the molecule is CN(C)Cc1cnc(C(c2ccccc2)C2CCCCC2)o1. The quantitative estimate of drug-likeness (QED) is 0.816. The fourth-order valence-corrected chi connectivity index (χ4v) is 3.60. The van der Waals surface area contributed by atoms with Crippen LogP contribution in [0.1, 0.15) is 55.2 Å². The van der Waals surface area contributed by atoms with Crippen LogP contribution < -0.4 is 0 Å². The first-order chi connectivity index (χ1) is 10.7. The molecule has 1 aromatic carbocycles. The smallest absolute Gasteiger partial charge is 0.202 e. The lowest BCUT2D eigenvalue weighted by molar-refractivity contribution is 0.281. The summed E-state index contributed by atoms with van der Waals surface area (Å²) in [5.74, 6) is 2.81. The van der Waals surface area contributed by atoms with E-state index in [0.29, 0.717) is 11.8 Å². The van der Waals surface area contributed by atoms with E-state index in [1.54, 1.807) is 0 Å². The Bertz CT molecular complexity index is 570. The molecule has 0 aliphatic heterocycles. The van der Waals surface area contributed by atoms with E-state index in [9.17, 15) is 0 Å². The lowest BCUT2D eigenvalue weighted by Crippen LogP contribution is -2.18. The number of nitrogens with zero attached hydrogens (tertiary/aromatic N) is 2. The number of hydrogen-bond acceptors (Lipinski definition) is 3. The van der Waals surface area contributed by atoms with E-state index in [2.05, 4.69) is 54.3 Å². The maximum absolute atomic E-state index is 6.11. The van der Waals surface area contributed by atoms with Crippen LogP contribution in [0.2, 0.25) is 0 Å². The summed E-state index contributed by atoms with van der Waals surface area (Å²) in [6.07, 6.45) is 8.50.